The number of fused-ring (bicyclic) bond motifs is 1. The molecule has 1 aliphatic heterocycles. The molecule has 2 N–H and O–H groups in total. The summed E-state index contributed by atoms with van der Waals surface area (Å²) in [5, 5.41) is 1.35. The molecule has 0 fully saturated rings. The molecule has 37 heavy (non-hydrogen) atoms. The number of hydrogen-bond acceptors (Lipinski definition) is 7. The van der Waals surface area contributed by atoms with Crippen LogP contribution in [0, 0.1) is 5.82 Å². The summed E-state index contributed by atoms with van der Waals surface area (Å²) >= 11 is 6.99. The van der Waals surface area contributed by atoms with Crippen LogP contribution in [0.2, 0.25) is 5.02 Å². The van der Waals surface area contributed by atoms with E-state index >= 15 is 0 Å². The number of rotatable bonds is 11. The van der Waals surface area contributed by atoms with Gasteiger partial charge in [-0.25, -0.2) is 23.7 Å². The minimum atomic E-state index is -1.12. The molecule has 0 bridgehead atoms. The van der Waals surface area contributed by atoms with Crippen LogP contribution in [0.25, 0.3) is 11.3 Å². The number of nitrogens with two attached hydrogens (primary N) is 1. The van der Waals surface area contributed by atoms with Gasteiger partial charge in [0.25, 0.3) is 5.91 Å². The zero-order valence-corrected chi connectivity index (χ0v) is 21.7. The molecule has 1 aromatic carbocycles. The average Bonchev–Trinajstić information content (AvgIpc) is 3.47. The number of imide groups is 1. The largest absolute Gasteiger partial charge is 0.463 e. The number of carbonyl (C=O) groups is 4. The molecule has 11 heteroatoms. The number of ether oxygens (including phenoxy) is 2. The van der Waals surface area contributed by atoms with Crippen LogP contribution in [0.4, 0.5) is 14.9 Å². The Morgan fingerprint density at radius 2 is 1.81 bits per heavy atom. The van der Waals surface area contributed by atoms with Gasteiger partial charge in [0.2, 0.25) is 0 Å². The minimum absolute atomic E-state index is 0.0239. The van der Waals surface area contributed by atoms with Crippen LogP contribution in [-0.4, -0.2) is 30.5 Å². The zero-order valence-electron chi connectivity index (χ0n) is 20.1. The maximum Gasteiger partial charge on any atom is 0.336 e. The van der Waals surface area contributed by atoms with E-state index < -0.39 is 29.7 Å². The number of thiophene rings is 1. The van der Waals surface area contributed by atoms with Crippen molar-refractivity contribution in [2.45, 2.75) is 45.4 Å². The van der Waals surface area contributed by atoms with E-state index in [1.807, 2.05) is 0 Å². The van der Waals surface area contributed by atoms with Gasteiger partial charge in [0.05, 0.1) is 27.8 Å². The highest BCUT2D eigenvalue weighted by Gasteiger charge is 2.40. The van der Waals surface area contributed by atoms with E-state index in [0.717, 1.165) is 67.7 Å². The van der Waals surface area contributed by atoms with Gasteiger partial charge in [-0.15, -0.1) is 11.3 Å². The third-order valence-corrected chi connectivity index (χ3v) is 6.62. The third-order valence-electron chi connectivity index (χ3n) is 5.46. The van der Waals surface area contributed by atoms with Crippen LogP contribution in [-0.2, 0) is 23.9 Å². The fourth-order valence-corrected chi connectivity index (χ4v) is 4.57. The lowest BCUT2D eigenvalue weighted by atomic mass is 10.0. The van der Waals surface area contributed by atoms with E-state index in [-0.39, 0.29) is 34.2 Å². The lowest BCUT2D eigenvalue weighted by Crippen LogP contribution is -2.38. The number of hydrogen-bond donors (Lipinski definition) is 1. The van der Waals surface area contributed by atoms with Crippen LogP contribution in [0.15, 0.2) is 41.8 Å². The topological polar surface area (TPSA) is 116 Å². The van der Waals surface area contributed by atoms with Crippen LogP contribution >= 0.6 is 22.9 Å². The summed E-state index contributed by atoms with van der Waals surface area (Å²) in [4.78, 5) is 50.7. The molecule has 3 amide bonds. The predicted octanol–water partition coefficient (Wildman–Crippen LogP) is 5.84. The summed E-state index contributed by atoms with van der Waals surface area (Å²) in [5.41, 5.74) is 5.06. The smallest absolute Gasteiger partial charge is 0.336 e. The molecule has 0 saturated heterocycles. The minimum Gasteiger partial charge on any atom is -0.463 e. The molecule has 0 aliphatic carbocycles. The van der Waals surface area contributed by atoms with E-state index in [0.29, 0.717) is 9.78 Å². The Kier molecular flexibility index (Phi) is 9.99. The van der Waals surface area contributed by atoms with Gasteiger partial charge in [-0.1, -0.05) is 56.7 Å². The first kappa shape index (κ1) is 28.1. The van der Waals surface area contributed by atoms with Crippen molar-refractivity contribution in [2.75, 3.05) is 11.5 Å². The predicted molar refractivity (Wildman–Crippen MR) is 139 cm³/mol. The Bertz CT molecular complexity index is 1240. The van der Waals surface area contributed by atoms with E-state index in [1.54, 1.807) is 17.5 Å². The lowest BCUT2D eigenvalue weighted by molar-refractivity contribution is -0.138. The van der Waals surface area contributed by atoms with E-state index in [9.17, 15) is 23.6 Å². The van der Waals surface area contributed by atoms with Gasteiger partial charge >= 0.3 is 18.0 Å². The van der Waals surface area contributed by atoms with Crippen molar-refractivity contribution in [1.29, 1.82) is 0 Å². The fourth-order valence-electron chi connectivity index (χ4n) is 3.70. The van der Waals surface area contributed by atoms with E-state index in [2.05, 4.69) is 6.92 Å². The summed E-state index contributed by atoms with van der Waals surface area (Å²) in [5.74, 6) is -3.67. The molecular formula is C26H26ClFN2O6S. The molecule has 2 heterocycles. The van der Waals surface area contributed by atoms with E-state index in [4.69, 9.17) is 26.8 Å². The SMILES string of the molecule is CCCCCCCCOC(=O)C=CC(=O)OC(=C1C(=O)N(C(N)=O)c2cc(Cl)c(F)cc21)c1cccs1. The number of esters is 2. The van der Waals surface area contributed by atoms with Gasteiger partial charge in [-0.3, -0.25) is 4.79 Å². The zero-order chi connectivity index (χ0) is 26.9. The Balaban J connectivity index is 1.79. The number of carbonyl (C=O) groups excluding carboxylic acids is 4. The maximum absolute atomic E-state index is 14.3. The molecule has 0 saturated carbocycles. The van der Waals surface area contributed by atoms with Crippen LogP contribution in [0.5, 0.6) is 0 Å². The maximum atomic E-state index is 14.3. The molecule has 3 rings (SSSR count). The van der Waals surface area contributed by atoms with E-state index in [1.165, 1.54) is 6.42 Å². The highest BCUT2D eigenvalue weighted by Crippen LogP contribution is 2.44. The van der Waals surface area contributed by atoms with Crippen molar-refractivity contribution in [3.05, 3.63) is 63.1 Å². The first-order valence-corrected chi connectivity index (χ1v) is 13.0. The molecule has 0 radical (unpaired) electrons. The Labute approximate surface area is 222 Å². The van der Waals surface area contributed by atoms with Gasteiger partial charge in [-0.05, 0) is 30.0 Å². The van der Waals surface area contributed by atoms with Crippen LogP contribution in [0.1, 0.15) is 55.9 Å². The highest BCUT2D eigenvalue weighted by molar-refractivity contribution is 7.11. The molecule has 1 aliphatic rings. The second-order valence-corrected chi connectivity index (χ2v) is 9.49. The number of amides is 3. The Morgan fingerprint density at radius 1 is 1.11 bits per heavy atom. The quantitative estimate of drug-likeness (QED) is 0.163. The molecule has 8 nitrogen and oxygen atoms in total. The van der Waals surface area contributed by atoms with Crippen molar-refractivity contribution in [3.63, 3.8) is 0 Å². The van der Waals surface area contributed by atoms with Crippen LogP contribution in [0.3, 0.4) is 0 Å². The molecule has 196 valence electrons. The monoisotopic (exact) mass is 548 g/mol. The summed E-state index contributed by atoms with van der Waals surface area (Å²) in [6.07, 6.45) is 8.00. The number of halogens is 2. The normalized spacial score (nSPS) is 14.1. The molecule has 0 atom stereocenters. The van der Waals surface area contributed by atoms with Crippen molar-refractivity contribution >= 4 is 63.8 Å². The Morgan fingerprint density at radius 3 is 2.49 bits per heavy atom. The summed E-state index contributed by atoms with van der Waals surface area (Å²) in [6.45, 7) is 2.37. The van der Waals surface area contributed by atoms with Gasteiger partial charge in [0.15, 0.2) is 5.76 Å². The molecule has 0 spiro atoms. The second-order valence-electron chi connectivity index (χ2n) is 8.13. The number of benzene rings is 1. The van der Waals surface area contributed by atoms with Crippen molar-refractivity contribution in [2.24, 2.45) is 5.73 Å². The van der Waals surface area contributed by atoms with Crippen LogP contribution < -0.4 is 10.6 Å². The van der Waals surface area contributed by atoms with Gasteiger partial charge in [0.1, 0.15) is 5.82 Å². The standard InChI is InChI=1S/C26H26ClFN2O6S/c1-2-3-4-5-6-7-12-35-21(31)10-11-22(32)36-24(20-9-8-13-37-20)23-16-14-18(28)17(27)15-19(16)30(25(23)33)26(29)34/h8-11,13-15H,2-7,12H2,1H3,(H2,29,34). The highest BCUT2D eigenvalue weighted by atomic mass is 35.5. The molecular weight excluding hydrogens is 523 g/mol. The van der Waals surface area contributed by atoms with Gasteiger partial charge in [0, 0.05) is 17.7 Å². The van der Waals surface area contributed by atoms with Gasteiger partial charge in [-0.2, -0.15) is 0 Å². The summed E-state index contributed by atoms with van der Waals surface area (Å²) in [7, 11) is 0. The number of primary amides is 1. The lowest BCUT2D eigenvalue weighted by Gasteiger charge is -2.12. The Hall–Kier alpha value is -3.50. The number of nitrogens with zero attached hydrogens (tertiary/aromatic N) is 1. The van der Waals surface area contributed by atoms with Crippen molar-refractivity contribution in [3.8, 4) is 0 Å². The molecule has 0 unspecified atom stereocenters. The number of anilines is 1. The number of urea groups is 1. The third kappa shape index (κ3) is 7.05. The number of unbranched alkanes of at least 4 members (excludes halogenated alkanes) is 5. The molecule has 1 aromatic heterocycles. The van der Waals surface area contributed by atoms with Crippen molar-refractivity contribution < 1.29 is 33.0 Å². The van der Waals surface area contributed by atoms with Crippen molar-refractivity contribution in [1.82, 2.24) is 0 Å². The summed E-state index contributed by atoms with van der Waals surface area (Å²) in [6, 6.07) is 4.16. The average molecular weight is 549 g/mol. The summed E-state index contributed by atoms with van der Waals surface area (Å²) < 4.78 is 24.8. The molecule has 2 aromatic rings. The van der Waals surface area contributed by atoms with Gasteiger partial charge < -0.3 is 15.2 Å². The first-order chi connectivity index (χ1) is 17.7. The second kappa shape index (κ2) is 13.2. The first-order valence-electron chi connectivity index (χ1n) is 11.7. The fraction of sp³-hybridized carbons (Fsp3) is 0.308.